The van der Waals surface area contributed by atoms with Gasteiger partial charge in [0, 0.05) is 23.0 Å². The van der Waals surface area contributed by atoms with Crippen LogP contribution in [0.5, 0.6) is 11.5 Å². The van der Waals surface area contributed by atoms with Gasteiger partial charge >= 0.3 is 0 Å². The first kappa shape index (κ1) is 25.3. The molecular weight excluding hydrogens is 448 g/mol. The largest absolute Gasteiger partial charge is 0.493 e. The van der Waals surface area contributed by atoms with Gasteiger partial charge < -0.3 is 19.3 Å². The third kappa shape index (κ3) is 6.60. The number of nitrogens with zero attached hydrogens (tertiary/aromatic N) is 2. The van der Waals surface area contributed by atoms with E-state index in [2.05, 4.69) is 0 Å². The predicted octanol–water partition coefficient (Wildman–Crippen LogP) is 4.89. The molecule has 0 N–H and O–H groups in total. The molecule has 0 saturated carbocycles. The fraction of sp³-hybridized carbons (Fsp3) is 0.333. The molecule has 3 rings (SSSR count). The Hall–Kier alpha value is -3.32. The maximum atomic E-state index is 13.5. The number of methoxy groups -OCH3 is 2. The van der Waals surface area contributed by atoms with Crippen molar-refractivity contribution in [2.24, 2.45) is 0 Å². The molecule has 34 heavy (non-hydrogen) atoms. The minimum Gasteiger partial charge on any atom is -0.493 e. The van der Waals surface area contributed by atoms with E-state index < -0.39 is 0 Å². The molecule has 2 aromatic carbocycles. The van der Waals surface area contributed by atoms with Crippen molar-refractivity contribution >= 4 is 23.2 Å². The average molecular weight is 481 g/mol. The summed E-state index contributed by atoms with van der Waals surface area (Å²) in [4.78, 5) is 31.1. The van der Waals surface area contributed by atoms with Gasteiger partial charge in [0.25, 0.3) is 5.91 Å². The Kier molecular flexibility index (Phi) is 9.10. The summed E-state index contributed by atoms with van der Waals surface area (Å²) < 4.78 is 10.7. The van der Waals surface area contributed by atoms with Crippen molar-refractivity contribution in [1.29, 1.82) is 0 Å². The summed E-state index contributed by atoms with van der Waals surface area (Å²) in [5, 5.41) is 2.01. The first-order valence-corrected chi connectivity index (χ1v) is 12.2. The van der Waals surface area contributed by atoms with Crippen LogP contribution in [-0.2, 0) is 17.8 Å². The number of ether oxygens (including phenoxy) is 2. The Bertz CT molecular complexity index is 1070. The Morgan fingerprint density at radius 1 is 0.941 bits per heavy atom. The summed E-state index contributed by atoms with van der Waals surface area (Å²) >= 11 is 1.62. The van der Waals surface area contributed by atoms with Crippen molar-refractivity contribution in [3.63, 3.8) is 0 Å². The minimum absolute atomic E-state index is 0.0305. The zero-order valence-corrected chi connectivity index (χ0v) is 21.0. The summed E-state index contributed by atoms with van der Waals surface area (Å²) in [6.07, 6.45) is 0.659. The van der Waals surface area contributed by atoms with Crippen LogP contribution < -0.4 is 9.47 Å². The molecule has 2 amide bonds. The van der Waals surface area contributed by atoms with E-state index in [0.29, 0.717) is 36.6 Å². The van der Waals surface area contributed by atoms with Crippen molar-refractivity contribution in [2.45, 2.75) is 32.9 Å². The molecule has 0 fully saturated rings. The smallest absolute Gasteiger partial charge is 0.254 e. The van der Waals surface area contributed by atoms with Gasteiger partial charge in [0.1, 0.15) is 6.54 Å². The van der Waals surface area contributed by atoms with E-state index in [1.807, 2.05) is 72.7 Å². The normalized spacial score (nSPS) is 10.7. The fourth-order valence-corrected chi connectivity index (χ4v) is 4.38. The zero-order valence-electron chi connectivity index (χ0n) is 20.2. The zero-order chi connectivity index (χ0) is 24.5. The van der Waals surface area contributed by atoms with E-state index in [-0.39, 0.29) is 24.4 Å². The number of carbonyl (C=O) groups excluding carboxylic acids is 2. The summed E-state index contributed by atoms with van der Waals surface area (Å²) in [6, 6.07) is 18.8. The van der Waals surface area contributed by atoms with Crippen LogP contribution in [0.1, 0.15) is 34.6 Å². The predicted molar refractivity (Wildman–Crippen MR) is 136 cm³/mol. The molecule has 0 bridgehead atoms. The molecule has 180 valence electrons. The van der Waals surface area contributed by atoms with Gasteiger partial charge in [-0.05, 0) is 61.5 Å². The van der Waals surface area contributed by atoms with Crippen LogP contribution >= 0.6 is 11.3 Å². The molecule has 6 nitrogen and oxygen atoms in total. The SMILES string of the molecule is COc1ccc(CCN(Cc2cccs2)C(=O)CN(C(=O)c2ccccc2)C(C)C)cc1OC. The van der Waals surface area contributed by atoms with E-state index >= 15 is 0 Å². The highest BCUT2D eigenvalue weighted by atomic mass is 32.1. The maximum absolute atomic E-state index is 13.5. The molecule has 0 aliphatic heterocycles. The van der Waals surface area contributed by atoms with Crippen LogP contribution in [0.25, 0.3) is 0 Å². The Morgan fingerprint density at radius 2 is 1.68 bits per heavy atom. The van der Waals surface area contributed by atoms with Crippen LogP contribution in [0.4, 0.5) is 0 Å². The van der Waals surface area contributed by atoms with Gasteiger partial charge in [-0.25, -0.2) is 0 Å². The van der Waals surface area contributed by atoms with E-state index in [9.17, 15) is 9.59 Å². The van der Waals surface area contributed by atoms with Gasteiger partial charge in [-0.2, -0.15) is 0 Å². The van der Waals surface area contributed by atoms with E-state index in [0.717, 1.165) is 10.4 Å². The Morgan fingerprint density at radius 3 is 2.29 bits per heavy atom. The molecule has 0 atom stereocenters. The van der Waals surface area contributed by atoms with Crippen LogP contribution in [0.3, 0.4) is 0 Å². The van der Waals surface area contributed by atoms with Crippen LogP contribution in [-0.4, -0.2) is 55.0 Å². The van der Waals surface area contributed by atoms with E-state index in [1.165, 1.54) is 0 Å². The number of amides is 2. The molecular formula is C27H32N2O4S. The van der Waals surface area contributed by atoms with Crippen molar-refractivity contribution in [1.82, 2.24) is 9.80 Å². The lowest BCUT2D eigenvalue weighted by Crippen LogP contribution is -2.46. The number of thiophene rings is 1. The molecule has 0 spiro atoms. The molecule has 1 aromatic heterocycles. The Labute approximate surface area is 205 Å². The highest BCUT2D eigenvalue weighted by Crippen LogP contribution is 2.28. The fourth-order valence-electron chi connectivity index (χ4n) is 3.66. The molecule has 0 radical (unpaired) electrons. The van der Waals surface area contributed by atoms with Gasteiger partial charge in [0.2, 0.25) is 5.91 Å². The van der Waals surface area contributed by atoms with Gasteiger partial charge in [0.05, 0.1) is 20.8 Å². The number of hydrogen-bond acceptors (Lipinski definition) is 5. The molecule has 0 saturated heterocycles. The second-order valence-corrected chi connectivity index (χ2v) is 9.26. The summed E-state index contributed by atoms with van der Waals surface area (Å²) in [5.41, 5.74) is 1.63. The third-order valence-electron chi connectivity index (χ3n) is 5.61. The lowest BCUT2D eigenvalue weighted by Gasteiger charge is -2.30. The number of carbonyl (C=O) groups is 2. The summed E-state index contributed by atoms with van der Waals surface area (Å²) in [6.45, 7) is 4.93. The first-order chi connectivity index (χ1) is 16.4. The summed E-state index contributed by atoms with van der Waals surface area (Å²) in [5.74, 6) is 1.12. The Balaban J connectivity index is 1.76. The quantitative estimate of drug-likeness (QED) is 0.392. The van der Waals surface area contributed by atoms with E-state index in [1.54, 1.807) is 42.6 Å². The third-order valence-corrected chi connectivity index (χ3v) is 6.47. The number of benzene rings is 2. The lowest BCUT2D eigenvalue weighted by atomic mass is 10.1. The van der Waals surface area contributed by atoms with Crippen molar-refractivity contribution < 1.29 is 19.1 Å². The lowest BCUT2D eigenvalue weighted by molar-refractivity contribution is -0.132. The second-order valence-electron chi connectivity index (χ2n) is 8.23. The minimum atomic E-state index is -0.139. The van der Waals surface area contributed by atoms with Crippen molar-refractivity contribution in [3.8, 4) is 11.5 Å². The van der Waals surface area contributed by atoms with Gasteiger partial charge in [-0.15, -0.1) is 11.3 Å². The topological polar surface area (TPSA) is 59.1 Å². The van der Waals surface area contributed by atoms with Crippen LogP contribution in [0.15, 0.2) is 66.0 Å². The summed E-state index contributed by atoms with van der Waals surface area (Å²) in [7, 11) is 3.22. The molecule has 0 unspecified atom stereocenters. The molecule has 3 aromatic rings. The van der Waals surface area contributed by atoms with Crippen molar-refractivity contribution in [3.05, 3.63) is 82.0 Å². The monoisotopic (exact) mass is 480 g/mol. The molecule has 0 aliphatic carbocycles. The number of rotatable bonds is 11. The number of hydrogen-bond donors (Lipinski definition) is 0. The molecule has 0 aliphatic rings. The first-order valence-electron chi connectivity index (χ1n) is 11.3. The highest BCUT2D eigenvalue weighted by molar-refractivity contribution is 7.09. The molecule has 7 heteroatoms. The maximum Gasteiger partial charge on any atom is 0.254 e. The highest BCUT2D eigenvalue weighted by Gasteiger charge is 2.24. The van der Waals surface area contributed by atoms with Gasteiger partial charge in [-0.1, -0.05) is 30.3 Å². The van der Waals surface area contributed by atoms with Crippen molar-refractivity contribution in [2.75, 3.05) is 27.3 Å². The standard InChI is InChI=1S/C27H32N2O4S/c1-20(2)29(27(31)22-9-6-5-7-10-22)19-26(30)28(18-23-11-8-16-34-23)15-14-21-12-13-24(32-3)25(17-21)33-4/h5-13,16-17,20H,14-15,18-19H2,1-4H3. The van der Waals surface area contributed by atoms with E-state index in [4.69, 9.17) is 9.47 Å². The molecule has 1 heterocycles. The average Bonchev–Trinajstić information content (AvgIpc) is 3.37. The second kappa shape index (κ2) is 12.2. The van der Waals surface area contributed by atoms with Gasteiger partial charge in [-0.3, -0.25) is 9.59 Å². The van der Waals surface area contributed by atoms with Crippen LogP contribution in [0, 0.1) is 0 Å². The van der Waals surface area contributed by atoms with Gasteiger partial charge in [0.15, 0.2) is 11.5 Å². The van der Waals surface area contributed by atoms with Crippen LogP contribution in [0.2, 0.25) is 0 Å².